The molecule has 0 spiro atoms. The van der Waals surface area contributed by atoms with Crippen molar-refractivity contribution in [2.24, 2.45) is 5.14 Å². The molecule has 0 atom stereocenters. The van der Waals surface area contributed by atoms with Crippen LogP contribution in [-0.2, 0) is 10.0 Å². The molecule has 2 rings (SSSR count). The van der Waals surface area contributed by atoms with Crippen LogP contribution in [0.1, 0.15) is 11.1 Å². The molecule has 106 valence electrons. The number of sulfonamides is 1. The van der Waals surface area contributed by atoms with Crippen LogP contribution in [0.3, 0.4) is 0 Å². The second kappa shape index (κ2) is 5.44. The van der Waals surface area contributed by atoms with E-state index in [0.717, 1.165) is 11.1 Å². The van der Waals surface area contributed by atoms with Crippen LogP contribution in [0.4, 0.5) is 0 Å². The summed E-state index contributed by atoms with van der Waals surface area (Å²) < 4.78 is 28.2. The fraction of sp³-hybridized carbons (Fsp3) is 0.143. The molecular weight excluding hydrogens is 298 g/mol. The fourth-order valence-electron chi connectivity index (χ4n) is 1.68. The molecular formula is C14H14ClNO3S. The van der Waals surface area contributed by atoms with Gasteiger partial charge in [0.2, 0.25) is 10.0 Å². The van der Waals surface area contributed by atoms with Crippen LogP contribution >= 0.6 is 11.6 Å². The van der Waals surface area contributed by atoms with E-state index < -0.39 is 10.0 Å². The molecule has 2 N–H and O–H groups in total. The Kier molecular flexibility index (Phi) is 4.04. The summed E-state index contributed by atoms with van der Waals surface area (Å²) in [5, 5.41) is 5.24. The highest BCUT2D eigenvalue weighted by atomic mass is 35.5. The van der Waals surface area contributed by atoms with Gasteiger partial charge in [0.1, 0.15) is 11.5 Å². The molecule has 0 unspecified atom stereocenters. The monoisotopic (exact) mass is 311 g/mol. The predicted octanol–water partition coefficient (Wildman–Crippen LogP) is 3.40. The van der Waals surface area contributed by atoms with E-state index >= 15 is 0 Å². The van der Waals surface area contributed by atoms with Gasteiger partial charge in [-0.2, -0.15) is 0 Å². The van der Waals surface area contributed by atoms with Crippen LogP contribution in [0, 0.1) is 13.8 Å². The van der Waals surface area contributed by atoms with Crippen LogP contribution in [0.25, 0.3) is 0 Å². The third-order valence-corrected chi connectivity index (χ3v) is 4.00. The summed E-state index contributed by atoms with van der Waals surface area (Å²) in [7, 11) is -3.77. The first-order chi connectivity index (χ1) is 9.27. The maximum atomic E-state index is 11.2. The number of halogens is 1. The highest BCUT2D eigenvalue weighted by molar-refractivity contribution is 7.89. The molecule has 2 aromatic carbocycles. The van der Waals surface area contributed by atoms with Gasteiger partial charge in [0, 0.05) is 0 Å². The van der Waals surface area contributed by atoms with E-state index in [2.05, 4.69) is 0 Å². The topological polar surface area (TPSA) is 69.4 Å². The van der Waals surface area contributed by atoms with Crippen LogP contribution in [0.2, 0.25) is 5.02 Å². The van der Waals surface area contributed by atoms with Crippen LogP contribution < -0.4 is 9.88 Å². The molecule has 0 aliphatic rings. The standard InChI is InChI=1S/C14H14ClNO3S/c1-9-3-4-10(2)14(7-9)19-13-6-5-11(8-12(13)15)20(16,17)18/h3-8H,1-2H3,(H2,16,17,18). The Labute approximate surface area is 123 Å². The lowest BCUT2D eigenvalue weighted by Crippen LogP contribution is -2.11. The minimum Gasteiger partial charge on any atom is -0.456 e. The maximum absolute atomic E-state index is 11.2. The minimum absolute atomic E-state index is 0.0455. The number of primary sulfonamides is 1. The van der Waals surface area contributed by atoms with Gasteiger partial charge in [-0.05, 0) is 49.2 Å². The summed E-state index contributed by atoms with van der Waals surface area (Å²) >= 11 is 6.03. The second-order valence-electron chi connectivity index (χ2n) is 4.51. The van der Waals surface area contributed by atoms with E-state index in [1.807, 2.05) is 32.0 Å². The zero-order chi connectivity index (χ0) is 14.9. The zero-order valence-corrected chi connectivity index (χ0v) is 12.6. The minimum atomic E-state index is -3.77. The first-order valence-electron chi connectivity index (χ1n) is 5.85. The van der Waals surface area contributed by atoms with Crippen molar-refractivity contribution in [1.29, 1.82) is 0 Å². The summed E-state index contributed by atoms with van der Waals surface area (Å²) in [5.74, 6) is 1.06. The molecule has 0 fully saturated rings. The quantitative estimate of drug-likeness (QED) is 0.944. The van der Waals surface area contributed by atoms with Crippen molar-refractivity contribution < 1.29 is 13.2 Å². The number of hydrogen-bond acceptors (Lipinski definition) is 3. The van der Waals surface area contributed by atoms with Crippen LogP contribution in [-0.4, -0.2) is 8.42 Å². The Morgan fingerprint density at radius 2 is 1.75 bits per heavy atom. The number of hydrogen-bond donors (Lipinski definition) is 1. The Balaban J connectivity index is 2.38. The molecule has 0 aliphatic heterocycles. The molecule has 0 aromatic heterocycles. The smallest absolute Gasteiger partial charge is 0.238 e. The van der Waals surface area contributed by atoms with E-state index in [1.165, 1.54) is 18.2 Å². The van der Waals surface area contributed by atoms with E-state index in [1.54, 1.807) is 0 Å². The average molecular weight is 312 g/mol. The van der Waals surface area contributed by atoms with Gasteiger partial charge in [0.25, 0.3) is 0 Å². The molecule has 0 heterocycles. The SMILES string of the molecule is Cc1ccc(C)c(Oc2ccc(S(N)(=O)=O)cc2Cl)c1. The van der Waals surface area contributed by atoms with Gasteiger partial charge in [0.15, 0.2) is 0 Å². The van der Waals surface area contributed by atoms with Gasteiger partial charge >= 0.3 is 0 Å². The van der Waals surface area contributed by atoms with Crippen molar-refractivity contribution >= 4 is 21.6 Å². The number of nitrogens with two attached hydrogens (primary N) is 1. The summed E-state index contributed by atoms with van der Waals surface area (Å²) in [6, 6.07) is 9.94. The predicted molar refractivity (Wildman–Crippen MR) is 78.8 cm³/mol. The third-order valence-electron chi connectivity index (χ3n) is 2.80. The average Bonchev–Trinajstić information content (AvgIpc) is 2.35. The molecule has 0 saturated carbocycles. The molecule has 20 heavy (non-hydrogen) atoms. The lowest BCUT2D eigenvalue weighted by atomic mass is 10.1. The molecule has 0 bridgehead atoms. The van der Waals surface area contributed by atoms with Crippen molar-refractivity contribution in [1.82, 2.24) is 0 Å². The Bertz CT molecular complexity index is 757. The summed E-state index contributed by atoms with van der Waals surface area (Å²) in [6.07, 6.45) is 0. The molecule has 0 aliphatic carbocycles. The molecule has 0 amide bonds. The van der Waals surface area contributed by atoms with E-state index in [9.17, 15) is 8.42 Å². The van der Waals surface area contributed by atoms with Gasteiger partial charge in [-0.1, -0.05) is 23.7 Å². The Morgan fingerprint density at radius 3 is 2.35 bits per heavy atom. The number of rotatable bonds is 3. The van der Waals surface area contributed by atoms with Crippen LogP contribution in [0.15, 0.2) is 41.3 Å². The number of benzene rings is 2. The van der Waals surface area contributed by atoms with E-state index in [0.29, 0.717) is 11.5 Å². The first-order valence-corrected chi connectivity index (χ1v) is 7.77. The summed E-state index contributed by atoms with van der Waals surface area (Å²) in [6.45, 7) is 3.87. The van der Waals surface area contributed by atoms with Crippen molar-refractivity contribution in [3.05, 3.63) is 52.5 Å². The highest BCUT2D eigenvalue weighted by Crippen LogP contribution is 2.32. The van der Waals surface area contributed by atoms with Crippen LogP contribution in [0.5, 0.6) is 11.5 Å². The van der Waals surface area contributed by atoms with Crippen molar-refractivity contribution in [3.63, 3.8) is 0 Å². The van der Waals surface area contributed by atoms with Crippen molar-refractivity contribution in [3.8, 4) is 11.5 Å². The Morgan fingerprint density at radius 1 is 1.05 bits per heavy atom. The lowest BCUT2D eigenvalue weighted by Gasteiger charge is -2.11. The largest absolute Gasteiger partial charge is 0.456 e. The van der Waals surface area contributed by atoms with Crippen molar-refractivity contribution in [2.45, 2.75) is 18.7 Å². The molecule has 4 nitrogen and oxygen atoms in total. The number of ether oxygens (including phenoxy) is 1. The molecule has 0 radical (unpaired) electrons. The second-order valence-corrected chi connectivity index (χ2v) is 6.48. The molecule has 0 saturated heterocycles. The highest BCUT2D eigenvalue weighted by Gasteiger charge is 2.12. The van der Waals surface area contributed by atoms with Crippen molar-refractivity contribution in [2.75, 3.05) is 0 Å². The van der Waals surface area contributed by atoms with Gasteiger partial charge in [-0.25, -0.2) is 13.6 Å². The summed E-state index contributed by atoms with van der Waals surface area (Å²) in [5.41, 5.74) is 2.02. The van der Waals surface area contributed by atoms with E-state index in [4.69, 9.17) is 21.5 Å². The first kappa shape index (κ1) is 14.8. The van der Waals surface area contributed by atoms with E-state index in [-0.39, 0.29) is 9.92 Å². The molecule has 6 heteroatoms. The third kappa shape index (κ3) is 3.30. The zero-order valence-electron chi connectivity index (χ0n) is 11.1. The van der Waals surface area contributed by atoms with Gasteiger partial charge < -0.3 is 4.74 Å². The van der Waals surface area contributed by atoms with Gasteiger partial charge in [-0.3, -0.25) is 0 Å². The van der Waals surface area contributed by atoms with Gasteiger partial charge in [0.05, 0.1) is 9.92 Å². The lowest BCUT2D eigenvalue weighted by molar-refractivity contribution is 0.478. The van der Waals surface area contributed by atoms with Gasteiger partial charge in [-0.15, -0.1) is 0 Å². The maximum Gasteiger partial charge on any atom is 0.238 e. The number of aryl methyl sites for hydroxylation is 2. The molecule has 2 aromatic rings. The Hall–Kier alpha value is -1.56. The summed E-state index contributed by atoms with van der Waals surface area (Å²) in [4.78, 5) is -0.0455. The normalized spacial score (nSPS) is 11.4. The fourth-order valence-corrected chi connectivity index (χ4v) is 2.50.